The first kappa shape index (κ1) is 33.4. The lowest BCUT2D eigenvalue weighted by atomic mass is 10.00. The summed E-state index contributed by atoms with van der Waals surface area (Å²) in [6.45, 7) is 0. The molecule has 0 bridgehead atoms. The first-order chi connectivity index (χ1) is 28.7. The summed E-state index contributed by atoms with van der Waals surface area (Å²) in [6.07, 6.45) is 0. The summed E-state index contributed by atoms with van der Waals surface area (Å²) in [7, 11) is 0. The largest absolute Gasteiger partial charge is 0.456 e. The Labute approximate surface area is 335 Å². The monoisotopic (exact) mass is 742 g/mol. The van der Waals surface area contributed by atoms with Crippen LogP contribution in [0.2, 0.25) is 0 Å². The van der Waals surface area contributed by atoms with Crippen molar-refractivity contribution in [1.29, 1.82) is 0 Å². The van der Waals surface area contributed by atoms with Crippen molar-refractivity contribution in [2.75, 3.05) is 4.90 Å². The molecule has 58 heavy (non-hydrogen) atoms. The van der Waals surface area contributed by atoms with Gasteiger partial charge >= 0.3 is 0 Å². The van der Waals surface area contributed by atoms with Crippen LogP contribution in [0.25, 0.3) is 88.8 Å². The van der Waals surface area contributed by atoms with Gasteiger partial charge in [0.15, 0.2) is 17.5 Å². The van der Waals surface area contributed by atoms with E-state index in [1.165, 1.54) is 16.3 Å². The van der Waals surface area contributed by atoms with E-state index in [4.69, 9.17) is 19.4 Å². The molecule has 2 heterocycles. The fourth-order valence-electron chi connectivity index (χ4n) is 8.01. The van der Waals surface area contributed by atoms with Crippen LogP contribution < -0.4 is 4.90 Å². The van der Waals surface area contributed by atoms with Crippen molar-refractivity contribution < 1.29 is 4.42 Å². The fourth-order valence-corrected chi connectivity index (χ4v) is 8.01. The van der Waals surface area contributed by atoms with E-state index in [1.807, 2.05) is 66.7 Å². The zero-order valence-corrected chi connectivity index (χ0v) is 31.3. The zero-order valence-electron chi connectivity index (χ0n) is 31.3. The van der Waals surface area contributed by atoms with Crippen molar-refractivity contribution in [3.05, 3.63) is 206 Å². The number of benzene rings is 9. The van der Waals surface area contributed by atoms with Crippen molar-refractivity contribution in [2.24, 2.45) is 0 Å². The summed E-state index contributed by atoms with van der Waals surface area (Å²) in [5.41, 5.74) is 9.49. The van der Waals surface area contributed by atoms with E-state index in [0.717, 1.165) is 72.0 Å². The summed E-state index contributed by atoms with van der Waals surface area (Å²) in [5.74, 6) is 1.77. The Balaban J connectivity index is 1.15. The molecule has 0 N–H and O–H groups in total. The van der Waals surface area contributed by atoms with Crippen LogP contribution >= 0.6 is 0 Å². The summed E-state index contributed by atoms with van der Waals surface area (Å²) < 4.78 is 6.83. The highest BCUT2D eigenvalue weighted by Crippen LogP contribution is 2.44. The molecule has 0 aliphatic rings. The SMILES string of the molecule is c1ccc(-c2nc(-c3ccccc3)nc(-c3cc(N(c4ccccc4)c4ccc(-c5ccc6ccccc6c5)cc4)cc4oc5cc6ccccc6cc5c34)n2)cc1. The first-order valence-corrected chi connectivity index (χ1v) is 19.4. The third-order valence-electron chi connectivity index (χ3n) is 10.8. The number of furan rings is 1. The molecule has 0 aliphatic carbocycles. The molecule has 11 aromatic rings. The molecule has 0 spiro atoms. The van der Waals surface area contributed by atoms with Gasteiger partial charge in [-0.1, -0.05) is 152 Å². The topological polar surface area (TPSA) is 55.1 Å². The molecular formula is C53H34N4O. The molecule has 11 rings (SSSR count). The van der Waals surface area contributed by atoms with Gasteiger partial charge in [-0.2, -0.15) is 0 Å². The van der Waals surface area contributed by atoms with Gasteiger partial charge in [-0.25, -0.2) is 15.0 Å². The first-order valence-electron chi connectivity index (χ1n) is 19.4. The van der Waals surface area contributed by atoms with Crippen LogP contribution in [0.1, 0.15) is 0 Å². The van der Waals surface area contributed by atoms with E-state index in [0.29, 0.717) is 17.5 Å². The Bertz CT molecular complexity index is 3210. The smallest absolute Gasteiger partial charge is 0.164 e. The predicted molar refractivity (Wildman–Crippen MR) is 239 cm³/mol. The minimum atomic E-state index is 0.565. The summed E-state index contributed by atoms with van der Waals surface area (Å²) in [5, 5.41) is 6.66. The molecule has 0 amide bonds. The van der Waals surface area contributed by atoms with E-state index in [2.05, 4.69) is 144 Å². The maximum Gasteiger partial charge on any atom is 0.164 e. The number of anilines is 3. The van der Waals surface area contributed by atoms with Crippen LogP contribution in [0.15, 0.2) is 211 Å². The second kappa shape index (κ2) is 14.0. The van der Waals surface area contributed by atoms with E-state index >= 15 is 0 Å². The Hall–Kier alpha value is -7.89. The number of hydrogen-bond acceptors (Lipinski definition) is 5. The minimum Gasteiger partial charge on any atom is -0.456 e. The standard InChI is InChI=1S/C53H34N4O/c1-4-15-37(16-5-1)51-54-52(38-17-6-2-7-18-38)56-53(55-51)47-33-45(34-49-50(47)46-31-40-20-12-13-21-41(40)32-48(46)58-49)57(43-22-8-3-9-23-43)44-28-26-36(27-29-44)42-25-24-35-14-10-11-19-39(35)30-42/h1-34H. The highest BCUT2D eigenvalue weighted by atomic mass is 16.3. The van der Waals surface area contributed by atoms with E-state index in [1.54, 1.807) is 0 Å². The van der Waals surface area contributed by atoms with Gasteiger partial charge in [-0.15, -0.1) is 0 Å². The van der Waals surface area contributed by atoms with E-state index < -0.39 is 0 Å². The lowest BCUT2D eigenvalue weighted by molar-refractivity contribution is 0.669. The molecule has 5 heteroatoms. The minimum absolute atomic E-state index is 0.565. The number of fused-ring (bicyclic) bond motifs is 5. The van der Waals surface area contributed by atoms with E-state index in [9.17, 15) is 0 Å². The van der Waals surface area contributed by atoms with Crippen molar-refractivity contribution >= 4 is 60.5 Å². The Morgan fingerprint density at radius 3 is 1.50 bits per heavy atom. The van der Waals surface area contributed by atoms with Crippen molar-refractivity contribution in [1.82, 2.24) is 15.0 Å². The summed E-state index contributed by atoms with van der Waals surface area (Å²) in [4.78, 5) is 17.7. The third kappa shape index (κ3) is 6.03. The maximum absolute atomic E-state index is 6.83. The quantitative estimate of drug-likeness (QED) is 0.163. The molecule has 2 aromatic heterocycles. The molecule has 9 aromatic carbocycles. The number of para-hydroxylation sites is 1. The van der Waals surface area contributed by atoms with Gasteiger partial charge in [-0.3, -0.25) is 0 Å². The van der Waals surface area contributed by atoms with Gasteiger partial charge in [-0.05, 0) is 81.2 Å². The van der Waals surface area contributed by atoms with Gasteiger partial charge in [0.2, 0.25) is 0 Å². The van der Waals surface area contributed by atoms with Crippen molar-refractivity contribution in [3.8, 4) is 45.3 Å². The number of hydrogen-bond donors (Lipinski definition) is 0. The third-order valence-corrected chi connectivity index (χ3v) is 10.8. The lowest BCUT2D eigenvalue weighted by Gasteiger charge is -2.26. The Kier molecular flexibility index (Phi) is 8.07. The average molecular weight is 743 g/mol. The van der Waals surface area contributed by atoms with Crippen LogP contribution in [0.5, 0.6) is 0 Å². The number of aromatic nitrogens is 3. The second-order valence-electron chi connectivity index (χ2n) is 14.5. The number of nitrogens with zero attached hydrogens (tertiary/aromatic N) is 4. The summed E-state index contributed by atoms with van der Waals surface area (Å²) in [6, 6.07) is 71.7. The molecule has 0 unspecified atom stereocenters. The van der Waals surface area contributed by atoms with E-state index in [-0.39, 0.29) is 0 Å². The van der Waals surface area contributed by atoms with Gasteiger partial charge in [0, 0.05) is 44.9 Å². The van der Waals surface area contributed by atoms with Gasteiger partial charge in [0.25, 0.3) is 0 Å². The normalized spacial score (nSPS) is 11.4. The average Bonchev–Trinajstić information content (AvgIpc) is 3.66. The van der Waals surface area contributed by atoms with Crippen LogP contribution in [0.3, 0.4) is 0 Å². The summed E-state index contributed by atoms with van der Waals surface area (Å²) >= 11 is 0. The molecular weight excluding hydrogens is 709 g/mol. The van der Waals surface area contributed by atoms with Gasteiger partial charge in [0.1, 0.15) is 11.2 Å². The molecule has 0 saturated carbocycles. The molecule has 0 radical (unpaired) electrons. The maximum atomic E-state index is 6.83. The highest BCUT2D eigenvalue weighted by molar-refractivity contribution is 6.16. The van der Waals surface area contributed by atoms with Gasteiger partial charge in [0.05, 0.1) is 5.69 Å². The second-order valence-corrected chi connectivity index (χ2v) is 14.5. The molecule has 0 saturated heterocycles. The van der Waals surface area contributed by atoms with Crippen LogP contribution in [0, 0.1) is 0 Å². The fraction of sp³-hybridized carbons (Fsp3) is 0. The Morgan fingerprint density at radius 2 is 0.845 bits per heavy atom. The molecule has 0 fully saturated rings. The van der Waals surface area contributed by atoms with Crippen LogP contribution in [0.4, 0.5) is 17.1 Å². The molecule has 0 aliphatic heterocycles. The Morgan fingerprint density at radius 1 is 0.328 bits per heavy atom. The number of rotatable bonds is 7. The highest BCUT2D eigenvalue weighted by Gasteiger charge is 2.23. The van der Waals surface area contributed by atoms with Gasteiger partial charge < -0.3 is 9.32 Å². The van der Waals surface area contributed by atoms with Crippen molar-refractivity contribution in [2.45, 2.75) is 0 Å². The van der Waals surface area contributed by atoms with Crippen LogP contribution in [-0.4, -0.2) is 15.0 Å². The molecule has 5 nitrogen and oxygen atoms in total. The van der Waals surface area contributed by atoms with Crippen molar-refractivity contribution in [3.63, 3.8) is 0 Å². The molecule has 0 atom stereocenters. The molecule has 272 valence electrons. The van der Waals surface area contributed by atoms with Crippen LogP contribution in [-0.2, 0) is 0 Å². The zero-order chi connectivity index (χ0) is 38.4. The lowest BCUT2D eigenvalue weighted by Crippen LogP contribution is -2.10. The predicted octanol–water partition coefficient (Wildman–Crippen LogP) is 14.2.